The van der Waals surface area contributed by atoms with Crippen LogP contribution in [0.3, 0.4) is 0 Å². The van der Waals surface area contributed by atoms with Crippen molar-refractivity contribution in [2.75, 3.05) is 40.5 Å². The molecule has 4 atom stereocenters. The minimum Gasteiger partial charge on any atom is -0.453 e. The zero-order chi connectivity index (χ0) is 42.3. The van der Waals surface area contributed by atoms with E-state index in [-0.39, 0.29) is 36.2 Å². The predicted octanol–water partition coefficient (Wildman–Crippen LogP) is 6.21. The Bertz CT molecular complexity index is 2400. The van der Waals surface area contributed by atoms with Crippen molar-refractivity contribution in [2.24, 2.45) is 11.8 Å². The molecule has 0 saturated carbocycles. The number of aromatic nitrogens is 4. The van der Waals surface area contributed by atoms with Gasteiger partial charge >= 0.3 is 12.2 Å². The summed E-state index contributed by atoms with van der Waals surface area (Å²) >= 11 is 0. The van der Waals surface area contributed by atoms with E-state index in [2.05, 4.69) is 57.0 Å². The normalized spacial score (nSPS) is 19.7. The number of benzene rings is 3. The Kier molecular flexibility index (Phi) is 11.3. The lowest BCUT2D eigenvalue weighted by Crippen LogP contribution is -2.52. The summed E-state index contributed by atoms with van der Waals surface area (Å²) in [6.07, 6.45) is 0.704. The topological polar surface area (TPSA) is 193 Å². The van der Waals surface area contributed by atoms with Crippen LogP contribution in [0.25, 0.3) is 44.3 Å². The van der Waals surface area contributed by atoms with Gasteiger partial charge in [0.05, 0.1) is 68.1 Å². The van der Waals surface area contributed by atoms with E-state index in [1.165, 1.54) is 14.2 Å². The number of amides is 4. The Morgan fingerprint density at radius 1 is 0.700 bits per heavy atom. The molecule has 16 nitrogen and oxygen atoms in total. The first-order valence-corrected chi connectivity index (χ1v) is 20.5. The van der Waals surface area contributed by atoms with E-state index in [4.69, 9.17) is 28.9 Å². The van der Waals surface area contributed by atoms with Crippen molar-refractivity contribution in [2.45, 2.75) is 76.9 Å². The van der Waals surface area contributed by atoms with Crippen LogP contribution in [0.2, 0.25) is 0 Å². The lowest BCUT2D eigenvalue weighted by atomic mass is 10.00. The molecule has 0 radical (unpaired) electrons. The first-order chi connectivity index (χ1) is 28.9. The molecular weight excluding hydrogens is 769 g/mol. The summed E-state index contributed by atoms with van der Waals surface area (Å²) in [4.78, 5) is 72.2. The summed E-state index contributed by atoms with van der Waals surface area (Å²) in [6.45, 7) is 9.22. The number of imidazole rings is 2. The fourth-order valence-electron chi connectivity index (χ4n) is 8.68. The average Bonchev–Trinajstić information content (AvgIpc) is 4.11. The molecule has 3 aromatic carbocycles. The highest BCUT2D eigenvalue weighted by Crippen LogP contribution is 2.43. The van der Waals surface area contributed by atoms with Crippen LogP contribution in [-0.4, -0.2) is 112 Å². The van der Waals surface area contributed by atoms with E-state index in [1.54, 1.807) is 4.90 Å². The van der Waals surface area contributed by atoms with Gasteiger partial charge in [0.1, 0.15) is 23.7 Å². The van der Waals surface area contributed by atoms with Crippen molar-refractivity contribution in [1.29, 1.82) is 0 Å². The molecule has 3 aliphatic heterocycles. The number of alkyl carbamates (subject to hydrolysis) is 2. The molecule has 3 saturated heterocycles. The second kappa shape index (κ2) is 16.6. The molecule has 0 bridgehead atoms. The third-order valence-electron chi connectivity index (χ3n) is 11.9. The minimum absolute atomic E-state index is 0.116. The number of fused-ring (bicyclic) bond motifs is 2. The Morgan fingerprint density at radius 3 is 1.65 bits per heavy atom. The quantitative estimate of drug-likeness (QED) is 0.126. The fourth-order valence-corrected chi connectivity index (χ4v) is 8.68. The molecule has 4 amide bonds. The van der Waals surface area contributed by atoms with Crippen molar-refractivity contribution in [3.8, 4) is 22.3 Å². The molecule has 60 heavy (non-hydrogen) atoms. The Hall–Kier alpha value is -6.00. The average molecular weight is 821 g/mol. The molecule has 16 heteroatoms. The SMILES string of the molecule is COC(=O)N[C@H](C(=O)N1CCC[C@H]1c1nc2ccc(-c3ccc(-c4ccc5nc([C@@H]6CC7(CN6C(=O)[C@@H](NC(=O)OC)C(C)C)OCCO7)[nH]c5c4)cc3)cc2[nH]1)C(C)C. The van der Waals surface area contributed by atoms with Gasteiger partial charge in [-0.2, -0.15) is 0 Å². The summed E-state index contributed by atoms with van der Waals surface area (Å²) in [5, 5.41) is 5.41. The Balaban J connectivity index is 1.00. The van der Waals surface area contributed by atoms with Crippen LogP contribution in [-0.2, 0) is 28.5 Å². The van der Waals surface area contributed by atoms with Crippen LogP contribution in [0.15, 0.2) is 60.7 Å². The highest BCUT2D eigenvalue weighted by Gasteiger charge is 2.53. The van der Waals surface area contributed by atoms with Crippen molar-refractivity contribution in [3.05, 3.63) is 72.3 Å². The minimum atomic E-state index is -0.941. The zero-order valence-corrected chi connectivity index (χ0v) is 34.7. The van der Waals surface area contributed by atoms with E-state index in [0.29, 0.717) is 32.0 Å². The van der Waals surface area contributed by atoms with Gasteiger partial charge in [-0.3, -0.25) is 9.59 Å². The molecule has 4 N–H and O–H groups in total. The molecular formula is C44H52N8O8. The van der Waals surface area contributed by atoms with Gasteiger partial charge in [0, 0.05) is 13.0 Å². The maximum atomic E-state index is 14.0. The number of hydrogen-bond acceptors (Lipinski definition) is 10. The number of nitrogens with one attached hydrogen (secondary N) is 4. The van der Waals surface area contributed by atoms with Crippen LogP contribution in [0, 0.1) is 11.8 Å². The Labute approximate surface area is 347 Å². The van der Waals surface area contributed by atoms with Gasteiger partial charge in [-0.25, -0.2) is 19.6 Å². The first-order valence-electron chi connectivity index (χ1n) is 20.5. The maximum absolute atomic E-state index is 14.0. The van der Waals surface area contributed by atoms with Gasteiger partial charge in [-0.1, -0.05) is 64.1 Å². The molecule has 5 aromatic rings. The van der Waals surface area contributed by atoms with Crippen molar-refractivity contribution in [1.82, 2.24) is 40.4 Å². The van der Waals surface area contributed by atoms with Gasteiger partial charge in [-0.15, -0.1) is 0 Å². The van der Waals surface area contributed by atoms with Crippen LogP contribution in [0.5, 0.6) is 0 Å². The van der Waals surface area contributed by atoms with Crippen molar-refractivity contribution in [3.63, 3.8) is 0 Å². The van der Waals surface area contributed by atoms with Crippen molar-refractivity contribution >= 4 is 46.1 Å². The predicted molar refractivity (Wildman–Crippen MR) is 222 cm³/mol. The number of nitrogens with zero attached hydrogens (tertiary/aromatic N) is 4. The number of carbonyl (C=O) groups is 4. The Morgan fingerprint density at radius 2 is 1.17 bits per heavy atom. The number of likely N-dealkylation sites (tertiary alicyclic amines) is 2. The molecule has 0 aliphatic carbocycles. The molecule has 5 heterocycles. The summed E-state index contributed by atoms with van der Waals surface area (Å²) in [7, 11) is 2.56. The molecule has 0 unspecified atom stereocenters. The third kappa shape index (κ3) is 7.88. The van der Waals surface area contributed by atoms with Crippen LogP contribution >= 0.6 is 0 Å². The highest BCUT2D eigenvalue weighted by molar-refractivity contribution is 5.88. The van der Waals surface area contributed by atoms with Crippen LogP contribution < -0.4 is 10.6 Å². The summed E-state index contributed by atoms with van der Waals surface area (Å²) in [6, 6.07) is 18.3. The largest absolute Gasteiger partial charge is 0.453 e. The van der Waals surface area contributed by atoms with Crippen LogP contribution in [0.4, 0.5) is 9.59 Å². The van der Waals surface area contributed by atoms with Gasteiger partial charge in [0.15, 0.2) is 5.79 Å². The lowest BCUT2D eigenvalue weighted by Gasteiger charge is -2.30. The van der Waals surface area contributed by atoms with E-state index < -0.39 is 36.1 Å². The van der Waals surface area contributed by atoms with Gasteiger partial charge in [0.2, 0.25) is 11.8 Å². The smallest absolute Gasteiger partial charge is 0.407 e. The zero-order valence-electron chi connectivity index (χ0n) is 34.7. The highest BCUT2D eigenvalue weighted by atomic mass is 16.7. The summed E-state index contributed by atoms with van der Waals surface area (Å²) in [5.41, 5.74) is 7.33. The molecule has 3 fully saturated rings. The lowest BCUT2D eigenvalue weighted by molar-refractivity contribution is -0.153. The van der Waals surface area contributed by atoms with Gasteiger partial charge in [0.25, 0.3) is 0 Å². The van der Waals surface area contributed by atoms with Gasteiger partial charge in [-0.05, 0) is 71.2 Å². The standard InChI is InChI=1S/C44H52N8O8/c1-24(2)36(49-42(55)57-5)40(53)51-17-7-8-34(51)38-45-30-15-13-28(20-32(30)47-38)26-9-11-27(12-10-26)29-14-16-31-33(21-29)48-39(46-31)35-22-44(59-18-19-60-44)23-52(35)41(54)37(25(3)4)50-43(56)58-6/h9-16,20-21,24-25,34-37H,7-8,17-19,22-23H2,1-6H3,(H,45,47)(H,46,48)(H,49,55)(H,50,56)/t34-,35-,36-,37-/m0/s1. The number of methoxy groups -OCH3 is 2. The molecule has 8 rings (SSSR count). The first kappa shape index (κ1) is 40.8. The third-order valence-corrected chi connectivity index (χ3v) is 11.9. The number of rotatable bonds is 10. The van der Waals surface area contributed by atoms with Gasteiger partial charge < -0.3 is 49.3 Å². The number of H-pyrrole nitrogens is 2. The number of hydrogen-bond donors (Lipinski definition) is 4. The maximum Gasteiger partial charge on any atom is 0.407 e. The monoisotopic (exact) mass is 820 g/mol. The van der Waals surface area contributed by atoms with E-state index in [0.717, 1.165) is 63.0 Å². The second-order valence-electron chi connectivity index (χ2n) is 16.5. The second-order valence-corrected chi connectivity index (χ2v) is 16.5. The summed E-state index contributed by atoms with van der Waals surface area (Å²) < 4.78 is 21.7. The number of ether oxygens (including phenoxy) is 4. The molecule has 1 spiro atoms. The summed E-state index contributed by atoms with van der Waals surface area (Å²) in [5.74, 6) is -0.320. The fraction of sp³-hybridized carbons (Fsp3) is 0.455. The van der Waals surface area contributed by atoms with Crippen molar-refractivity contribution < 1.29 is 38.1 Å². The molecule has 316 valence electrons. The number of carbonyl (C=O) groups excluding carboxylic acids is 4. The molecule has 3 aliphatic rings. The van der Waals surface area contributed by atoms with E-state index in [1.807, 2.05) is 56.9 Å². The van der Waals surface area contributed by atoms with E-state index >= 15 is 0 Å². The van der Waals surface area contributed by atoms with Crippen LogP contribution in [0.1, 0.15) is 70.7 Å². The van der Waals surface area contributed by atoms with E-state index in [9.17, 15) is 19.2 Å². The number of aromatic amines is 2. The molecule has 2 aromatic heterocycles.